The van der Waals surface area contributed by atoms with Gasteiger partial charge in [0, 0.05) is 37.5 Å². The van der Waals surface area contributed by atoms with Crippen LogP contribution in [0.2, 0.25) is 0 Å². The minimum Gasteiger partial charge on any atom is -0.396 e. The lowest BCUT2D eigenvalue weighted by Crippen LogP contribution is -2.17. The van der Waals surface area contributed by atoms with Gasteiger partial charge in [0.15, 0.2) is 0 Å². The highest BCUT2D eigenvalue weighted by atomic mass is 19.1. The first-order valence-corrected chi connectivity index (χ1v) is 7.30. The summed E-state index contributed by atoms with van der Waals surface area (Å²) in [4.78, 5) is 12.7. The summed E-state index contributed by atoms with van der Waals surface area (Å²) in [5.41, 5.74) is 9.02. The van der Waals surface area contributed by atoms with Gasteiger partial charge in [-0.25, -0.2) is 9.37 Å². The molecule has 1 aromatic carbocycles. The van der Waals surface area contributed by atoms with Crippen LogP contribution in [0.25, 0.3) is 22.5 Å². The summed E-state index contributed by atoms with van der Waals surface area (Å²) < 4.78 is 15.5. The lowest BCUT2D eigenvalue weighted by molar-refractivity contribution is 0.632. The van der Waals surface area contributed by atoms with Gasteiger partial charge in [-0.05, 0) is 23.8 Å². The molecule has 0 aromatic heterocycles. The molecule has 0 amide bonds. The number of rotatable bonds is 1. The Labute approximate surface area is 131 Å². The summed E-state index contributed by atoms with van der Waals surface area (Å²) in [5.74, 6) is 1.37. The maximum Gasteiger partial charge on any atom is 0.246 e. The molecular weight excluding hydrogens is 295 g/mol. The van der Waals surface area contributed by atoms with Gasteiger partial charge in [0.05, 0.1) is 5.69 Å². The van der Waals surface area contributed by atoms with Crippen LogP contribution >= 0.6 is 0 Å². The Hall–Kier alpha value is -2.96. The van der Waals surface area contributed by atoms with Gasteiger partial charge in [-0.2, -0.15) is 4.98 Å². The standard InChI is InChI=1S/C16H15FN6/c1-19-16-21-8-10-6-11(9-2-3-12(17)13(18)7-9)15-20-4-5-23(15)14(10)22-16/h2-3,6-8,20H,4-5,18H2,1H3. The van der Waals surface area contributed by atoms with Gasteiger partial charge in [-0.3, -0.25) is 4.99 Å². The Morgan fingerprint density at radius 2 is 2.17 bits per heavy atom. The highest BCUT2D eigenvalue weighted by Gasteiger charge is 2.22. The molecule has 0 atom stereocenters. The van der Waals surface area contributed by atoms with E-state index in [9.17, 15) is 4.39 Å². The Kier molecular flexibility index (Phi) is 3.00. The number of nitrogens with two attached hydrogens (primary N) is 1. The van der Waals surface area contributed by atoms with E-state index in [4.69, 9.17) is 5.73 Å². The van der Waals surface area contributed by atoms with Crippen LogP contribution in [0.4, 0.5) is 15.9 Å². The Morgan fingerprint density at radius 3 is 2.96 bits per heavy atom. The van der Waals surface area contributed by atoms with Gasteiger partial charge in [-0.15, -0.1) is 0 Å². The quantitative estimate of drug-likeness (QED) is 0.671. The van der Waals surface area contributed by atoms with E-state index >= 15 is 0 Å². The molecule has 0 saturated heterocycles. The van der Waals surface area contributed by atoms with Crippen molar-refractivity contribution in [2.24, 2.45) is 4.99 Å². The van der Waals surface area contributed by atoms with Crippen LogP contribution in [0.3, 0.4) is 0 Å². The molecule has 0 fully saturated rings. The molecular formula is C16H15FN6. The van der Waals surface area contributed by atoms with Crippen LogP contribution in [0.15, 0.2) is 35.5 Å². The van der Waals surface area contributed by atoms with Crippen LogP contribution in [-0.2, 0) is 6.54 Å². The molecule has 3 aliphatic heterocycles. The first-order valence-electron chi connectivity index (χ1n) is 7.30. The van der Waals surface area contributed by atoms with Crippen LogP contribution in [-0.4, -0.2) is 28.1 Å². The number of benzene rings is 1. The van der Waals surface area contributed by atoms with Crippen molar-refractivity contribution in [3.05, 3.63) is 41.9 Å². The third kappa shape index (κ3) is 2.12. The van der Waals surface area contributed by atoms with Crippen LogP contribution in [0.5, 0.6) is 0 Å². The predicted octanol–water partition coefficient (Wildman–Crippen LogP) is 1.73. The molecule has 3 heterocycles. The maximum atomic E-state index is 13.4. The number of hydrogen-bond donors (Lipinski definition) is 2. The Balaban J connectivity index is 2.02. The second-order valence-electron chi connectivity index (χ2n) is 5.39. The zero-order chi connectivity index (χ0) is 16.0. The normalized spacial score (nSPS) is 14.1. The molecule has 116 valence electrons. The molecule has 3 N–H and O–H groups in total. The smallest absolute Gasteiger partial charge is 0.246 e. The highest BCUT2D eigenvalue weighted by molar-refractivity contribution is 5.83. The second-order valence-corrected chi connectivity index (χ2v) is 5.39. The second kappa shape index (κ2) is 5.05. The molecule has 7 heteroatoms. The van der Waals surface area contributed by atoms with Crippen molar-refractivity contribution < 1.29 is 4.39 Å². The average molecular weight is 310 g/mol. The maximum absolute atomic E-state index is 13.4. The fourth-order valence-electron chi connectivity index (χ4n) is 2.90. The summed E-state index contributed by atoms with van der Waals surface area (Å²) in [6, 6.07) is 6.75. The largest absolute Gasteiger partial charge is 0.396 e. The zero-order valence-corrected chi connectivity index (χ0v) is 12.5. The Morgan fingerprint density at radius 1 is 1.30 bits per heavy atom. The molecule has 0 spiro atoms. The van der Waals surface area contributed by atoms with E-state index < -0.39 is 5.82 Å². The van der Waals surface area contributed by atoms with E-state index in [0.29, 0.717) is 5.62 Å². The molecule has 3 aliphatic rings. The molecule has 4 rings (SSSR count). The molecule has 0 bridgehead atoms. The molecule has 6 nitrogen and oxygen atoms in total. The van der Waals surface area contributed by atoms with E-state index in [2.05, 4.69) is 24.8 Å². The summed E-state index contributed by atoms with van der Waals surface area (Å²) in [5, 5.41) is 3.37. The monoisotopic (exact) mass is 310 g/mol. The van der Waals surface area contributed by atoms with E-state index in [1.165, 1.54) is 6.07 Å². The minimum absolute atomic E-state index is 0.135. The van der Waals surface area contributed by atoms with Gasteiger partial charge < -0.3 is 15.6 Å². The van der Waals surface area contributed by atoms with Crippen LogP contribution < -0.4 is 16.7 Å². The number of nitrogens with zero attached hydrogens (tertiary/aromatic N) is 4. The number of anilines is 2. The van der Waals surface area contributed by atoms with Gasteiger partial charge in [0.1, 0.15) is 17.5 Å². The van der Waals surface area contributed by atoms with Crippen molar-refractivity contribution >= 4 is 11.5 Å². The van der Waals surface area contributed by atoms with Gasteiger partial charge in [0.25, 0.3) is 0 Å². The number of halogens is 1. The number of aromatic nitrogens is 3. The fraction of sp³-hybridized carbons (Fsp3) is 0.188. The lowest BCUT2D eigenvalue weighted by atomic mass is 10.0. The molecule has 23 heavy (non-hydrogen) atoms. The fourth-order valence-corrected chi connectivity index (χ4v) is 2.90. The SMILES string of the molecule is CN=c1ncc2cc(-c3ccc(F)c(N)c3)c3n(c-2n1)CCN3. The molecule has 1 aromatic rings. The van der Waals surface area contributed by atoms with Gasteiger partial charge in [-0.1, -0.05) is 6.07 Å². The number of nitrogens with one attached hydrogen (secondary N) is 1. The van der Waals surface area contributed by atoms with E-state index in [0.717, 1.165) is 41.4 Å². The average Bonchev–Trinajstić information content (AvgIpc) is 3.06. The van der Waals surface area contributed by atoms with E-state index in [1.807, 2.05) is 6.07 Å². The van der Waals surface area contributed by atoms with Crippen LogP contribution in [0, 0.1) is 5.82 Å². The first-order chi connectivity index (χ1) is 11.2. The molecule has 0 saturated carbocycles. The summed E-state index contributed by atoms with van der Waals surface area (Å²) in [6.07, 6.45) is 1.76. The number of nitrogen functional groups attached to an aromatic ring is 1. The van der Waals surface area contributed by atoms with E-state index in [1.54, 1.807) is 25.4 Å². The third-order valence-electron chi connectivity index (χ3n) is 4.00. The number of pyridine rings is 1. The highest BCUT2D eigenvalue weighted by Crippen LogP contribution is 2.37. The molecule has 0 aliphatic carbocycles. The number of hydrogen-bond acceptors (Lipinski definition) is 5. The minimum atomic E-state index is -0.413. The number of fused-ring (bicyclic) bond motifs is 3. The van der Waals surface area contributed by atoms with Crippen molar-refractivity contribution in [1.29, 1.82) is 0 Å². The van der Waals surface area contributed by atoms with Crippen molar-refractivity contribution in [3.8, 4) is 22.5 Å². The van der Waals surface area contributed by atoms with Crippen molar-refractivity contribution in [3.63, 3.8) is 0 Å². The molecule has 0 radical (unpaired) electrons. The van der Waals surface area contributed by atoms with Crippen molar-refractivity contribution in [2.75, 3.05) is 24.6 Å². The predicted molar refractivity (Wildman–Crippen MR) is 86.4 cm³/mol. The van der Waals surface area contributed by atoms with Gasteiger partial charge in [0.2, 0.25) is 5.62 Å². The topological polar surface area (TPSA) is 81.1 Å². The zero-order valence-electron chi connectivity index (χ0n) is 12.5. The Bertz CT molecular complexity index is 946. The van der Waals surface area contributed by atoms with Crippen LogP contribution in [0.1, 0.15) is 0 Å². The third-order valence-corrected chi connectivity index (χ3v) is 4.00. The molecule has 0 unspecified atom stereocenters. The van der Waals surface area contributed by atoms with E-state index in [-0.39, 0.29) is 5.69 Å². The van der Waals surface area contributed by atoms with Crippen molar-refractivity contribution in [1.82, 2.24) is 14.5 Å². The van der Waals surface area contributed by atoms with Gasteiger partial charge >= 0.3 is 0 Å². The first kappa shape index (κ1) is 13.7. The van der Waals surface area contributed by atoms with Crippen molar-refractivity contribution in [2.45, 2.75) is 6.54 Å². The summed E-state index contributed by atoms with van der Waals surface area (Å²) in [6.45, 7) is 1.61. The summed E-state index contributed by atoms with van der Waals surface area (Å²) >= 11 is 0. The summed E-state index contributed by atoms with van der Waals surface area (Å²) in [7, 11) is 1.67. The lowest BCUT2D eigenvalue weighted by Gasteiger charge is -2.17.